The summed E-state index contributed by atoms with van der Waals surface area (Å²) in [4.78, 5) is 2.09. The van der Waals surface area contributed by atoms with Crippen molar-refractivity contribution >= 4 is 58.3 Å². The van der Waals surface area contributed by atoms with Crippen molar-refractivity contribution in [1.82, 2.24) is 4.90 Å². The normalized spacial score (nSPS) is 9.36. The maximum atomic E-state index is 5.21. The molecule has 0 heterocycles. The zero-order valence-electron chi connectivity index (χ0n) is 11.9. The predicted molar refractivity (Wildman–Crippen MR) is 109 cm³/mol. The van der Waals surface area contributed by atoms with E-state index in [4.69, 9.17) is 18.0 Å². The van der Waals surface area contributed by atoms with Crippen molar-refractivity contribution in [1.29, 1.82) is 0 Å². The van der Waals surface area contributed by atoms with Crippen LogP contribution in [0.2, 0.25) is 0 Å². The maximum absolute atomic E-state index is 5.21. The fourth-order valence-corrected chi connectivity index (χ4v) is 2.07. The molecular weight excluding hydrogens is 348 g/mol. The third-order valence-electron chi connectivity index (χ3n) is 2.70. The highest BCUT2D eigenvalue weighted by Crippen LogP contribution is 2.12. The first-order valence-corrected chi connectivity index (χ1v) is 8.24. The Kier molecular flexibility index (Phi) is 9.15. The number of thiocarbonyl (C=S) groups is 2. The monoisotopic (exact) mass is 366 g/mol. The highest BCUT2D eigenvalue weighted by Gasteiger charge is 2.07. The van der Waals surface area contributed by atoms with Gasteiger partial charge in [-0.25, -0.2) is 0 Å². The predicted octanol–water partition coefficient (Wildman–Crippen LogP) is 4.06. The number of hydrogen-bond donors (Lipinski definition) is 3. The van der Waals surface area contributed by atoms with Gasteiger partial charge in [-0.3, -0.25) is 0 Å². The van der Waals surface area contributed by atoms with Crippen molar-refractivity contribution in [3.05, 3.63) is 71.8 Å². The average molecular weight is 367 g/mol. The molecule has 0 unspecified atom stereocenters. The summed E-state index contributed by atoms with van der Waals surface area (Å²) in [6, 6.07) is 20.6. The van der Waals surface area contributed by atoms with Crippen LogP contribution in [-0.2, 0) is 13.1 Å². The fraction of sp³-hybridized carbons (Fsp3) is 0.125. The summed E-state index contributed by atoms with van der Waals surface area (Å²) in [5, 5.41) is 0. The SMILES string of the molecule is NC(=S)S.S=C(S)N(Cc1ccccc1)Cc1ccccc1. The zero-order chi connectivity index (χ0) is 16.4. The molecule has 0 atom stereocenters. The molecule has 2 aromatic carbocycles. The Labute approximate surface area is 153 Å². The minimum absolute atomic E-state index is 0.194. The van der Waals surface area contributed by atoms with Crippen molar-refractivity contribution in [3.8, 4) is 0 Å². The van der Waals surface area contributed by atoms with Crippen molar-refractivity contribution in [2.75, 3.05) is 0 Å². The Hall–Kier alpha value is -1.08. The molecule has 2 N–H and O–H groups in total. The summed E-state index contributed by atoms with van der Waals surface area (Å²) in [7, 11) is 0. The van der Waals surface area contributed by atoms with E-state index in [9.17, 15) is 0 Å². The van der Waals surface area contributed by atoms with Gasteiger partial charge in [0.2, 0.25) is 0 Å². The van der Waals surface area contributed by atoms with Gasteiger partial charge in [-0.2, -0.15) is 0 Å². The number of benzene rings is 2. The largest absolute Gasteiger partial charge is 0.385 e. The molecule has 0 spiro atoms. The molecule has 2 rings (SSSR count). The molecule has 0 aliphatic rings. The van der Waals surface area contributed by atoms with E-state index in [1.807, 2.05) is 36.4 Å². The summed E-state index contributed by atoms with van der Waals surface area (Å²) >= 11 is 17.2. The first-order chi connectivity index (χ1) is 10.5. The molecule has 2 nitrogen and oxygen atoms in total. The second-order valence-corrected chi connectivity index (χ2v) is 6.79. The molecular formula is C16H18N2S4. The molecule has 0 aromatic heterocycles. The van der Waals surface area contributed by atoms with Crippen LogP contribution in [0.4, 0.5) is 0 Å². The van der Waals surface area contributed by atoms with E-state index < -0.39 is 0 Å². The molecule has 0 fully saturated rings. The molecule has 116 valence electrons. The van der Waals surface area contributed by atoms with E-state index in [1.54, 1.807) is 0 Å². The van der Waals surface area contributed by atoms with Gasteiger partial charge in [0.1, 0.15) is 8.64 Å². The lowest BCUT2D eigenvalue weighted by Gasteiger charge is -2.22. The van der Waals surface area contributed by atoms with Gasteiger partial charge in [0.25, 0.3) is 0 Å². The number of nitrogens with zero attached hydrogens (tertiary/aromatic N) is 1. The van der Waals surface area contributed by atoms with Gasteiger partial charge in [-0.15, -0.1) is 25.3 Å². The Balaban J connectivity index is 0.000000541. The highest BCUT2D eigenvalue weighted by molar-refractivity contribution is 8.11. The van der Waals surface area contributed by atoms with E-state index in [-0.39, 0.29) is 4.32 Å². The number of nitrogens with two attached hydrogens (primary N) is 1. The lowest BCUT2D eigenvalue weighted by atomic mass is 10.2. The second kappa shape index (κ2) is 10.6. The lowest BCUT2D eigenvalue weighted by Crippen LogP contribution is -2.24. The van der Waals surface area contributed by atoms with Crippen molar-refractivity contribution in [2.45, 2.75) is 13.1 Å². The number of rotatable bonds is 4. The third-order valence-corrected chi connectivity index (χ3v) is 3.24. The topological polar surface area (TPSA) is 29.3 Å². The minimum Gasteiger partial charge on any atom is -0.385 e. The van der Waals surface area contributed by atoms with Gasteiger partial charge >= 0.3 is 0 Å². The van der Waals surface area contributed by atoms with Gasteiger partial charge in [0.15, 0.2) is 0 Å². The molecule has 0 radical (unpaired) electrons. The second-order valence-electron chi connectivity index (χ2n) is 4.45. The molecule has 0 amide bonds. The Morgan fingerprint density at radius 2 is 1.14 bits per heavy atom. The number of hydrogen-bond acceptors (Lipinski definition) is 2. The molecule has 0 saturated carbocycles. The summed E-state index contributed by atoms with van der Waals surface area (Å²) in [5.41, 5.74) is 7.19. The van der Waals surface area contributed by atoms with Gasteiger partial charge in [0, 0.05) is 13.1 Å². The summed E-state index contributed by atoms with van der Waals surface area (Å²) in [6.45, 7) is 1.58. The van der Waals surface area contributed by atoms with Crippen LogP contribution in [0.3, 0.4) is 0 Å². The first kappa shape index (κ1) is 19.0. The minimum atomic E-state index is 0.194. The van der Waals surface area contributed by atoms with E-state index in [0.717, 1.165) is 13.1 Å². The van der Waals surface area contributed by atoms with Crippen LogP contribution in [0, 0.1) is 0 Å². The van der Waals surface area contributed by atoms with E-state index >= 15 is 0 Å². The average Bonchev–Trinajstić information content (AvgIpc) is 2.48. The maximum Gasteiger partial charge on any atom is 0.133 e. The van der Waals surface area contributed by atoms with Crippen molar-refractivity contribution in [2.24, 2.45) is 5.73 Å². The molecule has 6 heteroatoms. The van der Waals surface area contributed by atoms with Crippen LogP contribution in [0.25, 0.3) is 0 Å². The Bertz CT molecular complexity index is 542. The van der Waals surface area contributed by atoms with Crippen molar-refractivity contribution in [3.63, 3.8) is 0 Å². The third kappa shape index (κ3) is 8.38. The van der Waals surface area contributed by atoms with Crippen LogP contribution in [-0.4, -0.2) is 13.5 Å². The molecule has 0 saturated heterocycles. The molecule has 22 heavy (non-hydrogen) atoms. The summed E-state index contributed by atoms with van der Waals surface area (Å²) < 4.78 is 0.822. The van der Waals surface area contributed by atoms with E-state index in [0.29, 0.717) is 4.32 Å². The van der Waals surface area contributed by atoms with Gasteiger partial charge in [-0.1, -0.05) is 85.1 Å². The van der Waals surface area contributed by atoms with Crippen LogP contribution < -0.4 is 5.73 Å². The van der Waals surface area contributed by atoms with Gasteiger partial charge < -0.3 is 10.6 Å². The zero-order valence-corrected chi connectivity index (χ0v) is 15.3. The van der Waals surface area contributed by atoms with Crippen molar-refractivity contribution < 1.29 is 0 Å². The quantitative estimate of drug-likeness (QED) is 0.562. The Morgan fingerprint density at radius 3 is 1.41 bits per heavy atom. The standard InChI is InChI=1S/C15H15NS2.CH3NS2/c17-15(18)16(11-13-7-3-1-4-8-13)12-14-9-5-2-6-10-14;2-1(3)4/h1-10H,11-12H2,(H,17,18);(H3,2,3,4). The smallest absolute Gasteiger partial charge is 0.133 e. The van der Waals surface area contributed by atoms with E-state index in [2.05, 4.69) is 66.6 Å². The van der Waals surface area contributed by atoms with Crippen LogP contribution in [0.5, 0.6) is 0 Å². The summed E-state index contributed by atoms with van der Waals surface area (Å²) in [5.74, 6) is 0. The van der Waals surface area contributed by atoms with Crippen LogP contribution >= 0.6 is 49.7 Å². The first-order valence-electron chi connectivity index (χ1n) is 6.53. The molecule has 0 bridgehead atoms. The fourth-order valence-electron chi connectivity index (χ4n) is 1.80. The van der Waals surface area contributed by atoms with Crippen LogP contribution in [0.1, 0.15) is 11.1 Å². The molecule has 0 aliphatic carbocycles. The van der Waals surface area contributed by atoms with Gasteiger partial charge in [0.05, 0.1) is 0 Å². The molecule has 2 aromatic rings. The van der Waals surface area contributed by atoms with Gasteiger partial charge in [-0.05, 0) is 11.1 Å². The molecule has 0 aliphatic heterocycles. The van der Waals surface area contributed by atoms with E-state index in [1.165, 1.54) is 11.1 Å². The summed E-state index contributed by atoms with van der Waals surface area (Å²) in [6.07, 6.45) is 0. The lowest BCUT2D eigenvalue weighted by molar-refractivity contribution is 0.422. The van der Waals surface area contributed by atoms with Crippen LogP contribution in [0.15, 0.2) is 60.7 Å². The highest BCUT2D eigenvalue weighted by atomic mass is 32.1. The number of thiol groups is 2. The Morgan fingerprint density at radius 1 is 0.818 bits per heavy atom.